The molecule has 0 aliphatic rings. The third-order valence-electron chi connectivity index (χ3n) is 2.36. The van der Waals surface area contributed by atoms with Gasteiger partial charge in [0, 0.05) is 17.2 Å². The minimum atomic E-state index is -4.47. The summed E-state index contributed by atoms with van der Waals surface area (Å²) >= 11 is 8.56. The summed E-state index contributed by atoms with van der Waals surface area (Å²) < 4.78 is 38.4. The van der Waals surface area contributed by atoms with Crippen molar-refractivity contribution in [3.63, 3.8) is 0 Å². The van der Waals surface area contributed by atoms with E-state index in [9.17, 15) is 13.2 Å². The number of nitrogens with zero attached hydrogens (tertiary/aromatic N) is 3. The first-order valence-corrected chi connectivity index (χ1v) is 6.70. The quantitative estimate of drug-likeness (QED) is 0.837. The summed E-state index contributed by atoms with van der Waals surface area (Å²) in [4.78, 5) is 11.5. The van der Waals surface area contributed by atoms with Gasteiger partial charge in [0.25, 0.3) is 0 Å². The van der Waals surface area contributed by atoms with Gasteiger partial charge in [0.2, 0.25) is 17.2 Å². The lowest BCUT2D eigenvalue weighted by Gasteiger charge is -2.12. The van der Waals surface area contributed by atoms with Crippen LogP contribution in [0.2, 0.25) is 5.28 Å². The van der Waals surface area contributed by atoms with Gasteiger partial charge in [-0.15, -0.1) is 0 Å². The molecule has 0 atom stereocenters. The maximum absolute atomic E-state index is 12.8. The Morgan fingerprint density at radius 3 is 2.43 bits per heavy atom. The molecule has 0 saturated heterocycles. The van der Waals surface area contributed by atoms with E-state index in [1.807, 2.05) is 0 Å². The fraction of sp³-hybridized carbons (Fsp3) is 0.182. The SMILES string of the molecule is CNc1nc(Cl)nc(Nc2ccc(Br)c(C(F)(F)F)c2)n1. The van der Waals surface area contributed by atoms with Crippen LogP contribution < -0.4 is 10.6 Å². The number of anilines is 3. The normalized spacial score (nSPS) is 11.3. The van der Waals surface area contributed by atoms with Crippen LogP contribution in [-0.2, 0) is 6.18 Å². The molecule has 0 aliphatic heterocycles. The zero-order valence-electron chi connectivity index (χ0n) is 10.5. The van der Waals surface area contributed by atoms with Crippen molar-refractivity contribution in [2.24, 2.45) is 0 Å². The van der Waals surface area contributed by atoms with Gasteiger partial charge < -0.3 is 10.6 Å². The summed E-state index contributed by atoms with van der Waals surface area (Å²) in [5.41, 5.74) is -0.628. The molecule has 0 amide bonds. The van der Waals surface area contributed by atoms with E-state index < -0.39 is 11.7 Å². The van der Waals surface area contributed by atoms with Crippen LogP contribution in [0.4, 0.5) is 30.8 Å². The number of hydrogen-bond acceptors (Lipinski definition) is 5. The Labute approximate surface area is 131 Å². The highest BCUT2D eigenvalue weighted by atomic mass is 79.9. The molecule has 0 aliphatic carbocycles. The van der Waals surface area contributed by atoms with Gasteiger partial charge in [0.05, 0.1) is 5.56 Å². The monoisotopic (exact) mass is 381 g/mol. The Bertz CT molecular complexity index is 665. The Morgan fingerprint density at radius 2 is 1.81 bits per heavy atom. The molecule has 1 aromatic carbocycles. The molecule has 0 radical (unpaired) electrons. The smallest absolute Gasteiger partial charge is 0.357 e. The lowest BCUT2D eigenvalue weighted by atomic mass is 10.2. The van der Waals surface area contributed by atoms with Crippen LogP contribution in [0.25, 0.3) is 0 Å². The summed E-state index contributed by atoms with van der Waals surface area (Å²) in [6.07, 6.45) is -4.47. The number of nitrogens with one attached hydrogen (secondary N) is 2. The molecule has 1 aromatic heterocycles. The van der Waals surface area contributed by atoms with Crippen molar-refractivity contribution in [2.75, 3.05) is 17.7 Å². The average molecular weight is 383 g/mol. The van der Waals surface area contributed by atoms with E-state index in [2.05, 4.69) is 41.5 Å². The van der Waals surface area contributed by atoms with E-state index in [-0.39, 0.29) is 27.3 Å². The zero-order valence-corrected chi connectivity index (χ0v) is 12.8. The number of benzene rings is 1. The predicted octanol–water partition coefficient (Wildman–Crippen LogP) is 4.09. The summed E-state index contributed by atoms with van der Waals surface area (Å²) in [6, 6.07) is 3.68. The van der Waals surface area contributed by atoms with Gasteiger partial charge >= 0.3 is 6.18 Å². The van der Waals surface area contributed by atoms with Gasteiger partial charge in [-0.2, -0.15) is 28.1 Å². The second kappa shape index (κ2) is 6.02. The summed E-state index contributed by atoms with van der Waals surface area (Å²) in [5.74, 6) is 0.237. The number of hydrogen-bond donors (Lipinski definition) is 2. The molecule has 112 valence electrons. The number of rotatable bonds is 3. The van der Waals surface area contributed by atoms with Gasteiger partial charge in [-0.1, -0.05) is 15.9 Å². The third kappa shape index (κ3) is 3.94. The average Bonchev–Trinajstić information content (AvgIpc) is 2.39. The zero-order chi connectivity index (χ0) is 15.6. The fourth-order valence-electron chi connectivity index (χ4n) is 1.47. The van der Waals surface area contributed by atoms with Crippen molar-refractivity contribution < 1.29 is 13.2 Å². The highest BCUT2D eigenvalue weighted by molar-refractivity contribution is 9.10. The first-order valence-electron chi connectivity index (χ1n) is 5.52. The van der Waals surface area contributed by atoms with Crippen molar-refractivity contribution >= 4 is 45.1 Å². The topological polar surface area (TPSA) is 62.7 Å². The van der Waals surface area contributed by atoms with Gasteiger partial charge in [-0.25, -0.2) is 0 Å². The van der Waals surface area contributed by atoms with Crippen LogP contribution in [-0.4, -0.2) is 22.0 Å². The molecule has 2 aromatic rings. The van der Waals surface area contributed by atoms with Crippen molar-refractivity contribution in [1.82, 2.24) is 15.0 Å². The van der Waals surface area contributed by atoms with Gasteiger partial charge in [0.15, 0.2) is 0 Å². The molecule has 10 heteroatoms. The fourth-order valence-corrected chi connectivity index (χ4v) is 2.10. The lowest BCUT2D eigenvalue weighted by Crippen LogP contribution is -2.08. The molecule has 0 saturated carbocycles. The van der Waals surface area contributed by atoms with Crippen molar-refractivity contribution in [2.45, 2.75) is 6.18 Å². The second-order valence-corrected chi connectivity index (χ2v) is 5.01. The van der Waals surface area contributed by atoms with Crippen LogP contribution in [0.15, 0.2) is 22.7 Å². The van der Waals surface area contributed by atoms with Crippen molar-refractivity contribution in [1.29, 1.82) is 0 Å². The van der Waals surface area contributed by atoms with Crippen LogP contribution in [0, 0.1) is 0 Å². The van der Waals surface area contributed by atoms with E-state index in [1.165, 1.54) is 12.1 Å². The number of alkyl halides is 3. The molecule has 1 heterocycles. The maximum Gasteiger partial charge on any atom is 0.417 e. The molecular weight excluding hydrogens is 375 g/mol. The number of halogens is 5. The third-order valence-corrected chi connectivity index (χ3v) is 3.22. The Kier molecular flexibility index (Phi) is 4.52. The highest BCUT2D eigenvalue weighted by Gasteiger charge is 2.33. The van der Waals surface area contributed by atoms with Crippen molar-refractivity contribution in [3.05, 3.63) is 33.5 Å². The van der Waals surface area contributed by atoms with Crippen LogP contribution in [0.1, 0.15) is 5.56 Å². The Balaban J connectivity index is 2.34. The number of aromatic nitrogens is 3. The molecule has 21 heavy (non-hydrogen) atoms. The molecule has 0 spiro atoms. The lowest BCUT2D eigenvalue weighted by molar-refractivity contribution is -0.138. The van der Waals surface area contributed by atoms with Gasteiger partial charge in [-0.05, 0) is 29.8 Å². The van der Waals surface area contributed by atoms with Crippen molar-refractivity contribution in [3.8, 4) is 0 Å². The molecule has 0 bridgehead atoms. The van der Waals surface area contributed by atoms with E-state index in [0.29, 0.717) is 0 Å². The molecule has 2 N–H and O–H groups in total. The summed E-state index contributed by atoms with van der Waals surface area (Å²) in [6.45, 7) is 0. The van der Waals surface area contributed by atoms with Gasteiger partial charge in [-0.3, -0.25) is 0 Å². The van der Waals surface area contributed by atoms with Crippen LogP contribution in [0.3, 0.4) is 0 Å². The molecule has 2 rings (SSSR count). The summed E-state index contributed by atoms with van der Waals surface area (Å²) in [5, 5.41) is 5.24. The molecular formula is C11H8BrClF3N5. The first-order chi connectivity index (χ1) is 9.79. The summed E-state index contributed by atoms with van der Waals surface area (Å²) in [7, 11) is 1.58. The Morgan fingerprint density at radius 1 is 1.14 bits per heavy atom. The second-order valence-electron chi connectivity index (χ2n) is 3.82. The minimum absolute atomic E-state index is 0.0368. The largest absolute Gasteiger partial charge is 0.417 e. The first kappa shape index (κ1) is 15.8. The Hall–Kier alpha value is -1.61. The van der Waals surface area contributed by atoms with Gasteiger partial charge in [0.1, 0.15) is 0 Å². The van der Waals surface area contributed by atoms with E-state index in [4.69, 9.17) is 11.6 Å². The molecule has 0 unspecified atom stereocenters. The molecule has 0 fully saturated rings. The highest BCUT2D eigenvalue weighted by Crippen LogP contribution is 2.36. The maximum atomic E-state index is 12.8. The van der Waals surface area contributed by atoms with E-state index in [0.717, 1.165) is 6.07 Å². The predicted molar refractivity (Wildman–Crippen MR) is 76.8 cm³/mol. The van der Waals surface area contributed by atoms with Crippen LogP contribution in [0.5, 0.6) is 0 Å². The molecule has 5 nitrogen and oxygen atoms in total. The standard InChI is InChI=1S/C11H8BrClF3N5/c1-17-9-19-8(13)20-10(21-9)18-5-2-3-7(12)6(4-5)11(14,15)16/h2-4H,1H3,(H2,17,18,19,20,21). The van der Waals surface area contributed by atoms with Crippen LogP contribution >= 0.6 is 27.5 Å². The van der Waals surface area contributed by atoms with E-state index >= 15 is 0 Å². The van der Waals surface area contributed by atoms with E-state index in [1.54, 1.807) is 7.05 Å². The minimum Gasteiger partial charge on any atom is -0.357 e.